The minimum absolute atomic E-state index is 0.0240. The van der Waals surface area contributed by atoms with Gasteiger partial charge in [0.25, 0.3) is 0 Å². The van der Waals surface area contributed by atoms with Crippen molar-refractivity contribution in [3.05, 3.63) is 45.6 Å². The lowest BCUT2D eigenvalue weighted by atomic mass is 9.94. The maximum absolute atomic E-state index is 13.1. The highest BCUT2D eigenvalue weighted by atomic mass is 35.5. The number of carboxylic acid groups (broad SMARTS) is 1. The van der Waals surface area contributed by atoms with Gasteiger partial charge in [0.2, 0.25) is 5.91 Å². The van der Waals surface area contributed by atoms with Gasteiger partial charge in [-0.2, -0.15) is 0 Å². The van der Waals surface area contributed by atoms with E-state index >= 15 is 0 Å². The van der Waals surface area contributed by atoms with Gasteiger partial charge >= 0.3 is 12.0 Å². The van der Waals surface area contributed by atoms with Crippen LogP contribution < -0.4 is 5.32 Å². The molecule has 10 nitrogen and oxygen atoms in total. The van der Waals surface area contributed by atoms with Gasteiger partial charge in [0.05, 0.1) is 35.2 Å². The van der Waals surface area contributed by atoms with Gasteiger partial charge in [-0.3, -0.25) is 14.5 Å². The molecule has 12 heteroatoms. The quantitative estimate of drug-likeness (QED) is 0.396. The second kappa shape index (κ2) is 12.0. The lowest BCUT2D eigenvalue weighted by molar-refractivity contribution is -0.137. The first kappa shape index (κ1) is 27.4. The van der Waals surface area contributed by atoms with Crippen molar-refractivity contribution in [1.82, 2.24) is 25.1 Å². The number of fused-ring (bicyclic) bond motifs is 1. The number of carbonyl (C=O) groups excluding carboxylic acids is 2. The maximum Gasteiger partial charge on any atom is 0.327 e. The molecular weight excluding hydrogens is 542 g/mol. The topological polar surface area (TPSA) is 125 Å². The van der Waals surface area contributed by atoms with Crippen LogP contribution in [0.25, 0.3) is 21.5 Å². The van der Waals surface area contributed by atoms with Crippen LogP contribution in [0.15, 0.2) is 24.5 Å². The van der Waals surface area contributed by atoms with Crippen molar-refractivity contribution in [1.29, 1.82) is 0 Å². The second-order valence-electron chi connectivity index (χ2n) is 9.80. The number of urea groups is 1. The molecule has 4 heterocycles. The molecule has 0 unspecified atom stereocenters. The van der Waals surface area contributed by atoms with E-state index in [-0.39, 0.29) is 31.4 Å². The molecule has 39 heavy (non-hydrogen) atoms. The summed E-state index contributed by atoms with van der Waals surface area (Å²) >= 11 is 7.95. The Hall–Kier alpha value is -3.12. The largest absolute Gasteiger partial charge is 0.481 e. The minimum Gasteiger partial charge on any atom is -0.481 e. The van der Waals surface area contributed by atoms with Crippen molar-refractivity contribution >= 4 is 51.1 Å². The first-order valence-corrected chi connectivity index (χ1v) is 14.2. The first-order valence-electron chi connectivity index (χ1n) is 13.0. The number of rotatable bonds is 9. The number of imide groups is 1. The molecule has 3 amide bonds. The van der Waals surface area contributed by atoms with Crippen LogP contribution in [0.2, 0.25) is 5.02 Å². The number of benzene rings is 1. The van der Waals surface area contributed by atoms with E-state index in [0.717, 1.165) is 50.6 Å². The normalized spacial score (nSPS) is 18.3. The third-order valence-corrected chi connectivity index (χ3v) is 8.36. The molecule has 0 bridgehead atoms. The van der Waals surface area contributed by atoms with E-state index in [1.807, 2.05) is 25.1 Å². The standard InChI is InChI=1S/C27H30ClN5O5S/c1-16-9-17(28)10-21(20(16)11-18-13-29-5-8-38-18)25-26-22(30-15-31-25)12-19(39-26)14-33-23(34)4-7-32(27(33)37)6-2-3-24(35)36/h9-10,12,15,18,29H,2-8,11,13-14H2,1H3,(H,35,36)/t18-/m1/s1. The van der Waals surface area contributed by atoms with Crippen molar-refractivity contribution in [3.63, 3.8) is 0 Å². The number of carbonyl (C=O) groups is 3. The molecule has 206 valence electrons. The molecule has 5 rings (SSSR count). The van der Waals surface area contributed by atoms with Crippen LogP contribution in [-0.2, 0) is 27.3 Å². The average Bonchev–Trinajstić information content (AvgIpc) is 3.32. The third kappa shape index (κ3) is 6.22. The Kier molecular flexibility index (Phi) is 8.41. The zero-order chi connectivity index (χ0) is 27.5. The van der Waals surface area contributed by atoms with Gasteiger partial charge in [0.1, 0.15) is 6.33 Å². The van der Waals surface area contributed by atoms with Crippen LogP contribution in [0.3, 0.4) is 0 Å². The fourth-order valence-corrected chi connectivity index (χ4v) is 6.46. The lowest BCUT2D eigenvalue weighted by Crippen LogP contribution is -2.51. The Labute approximate surface area is 234 Å². The number of hydrogen-bond acceptors (Lipinski definition) is 8. The van der Waals surface area contributed by atoms with Crippen molar-refractivity contribution < 1.29 is 24.2 Å². The zero-order valence-electron chi connectivity index (χ0n) is 21.6. The number of nitrogens with zero attached hydrogens (tertiary/aromatic N) is 4. The van der Waals surface area contributed by atoms with Gasteiger partial charge in [-0.15, -0.1) is 11.3 Å². The molecule has 2 fully saturated rings. The van der Waals surface area contributed by atoms with Crippen LogP contribution in [0.4, 0.5) is 4.79 Å². The molecule has 0 spiro atoms. The number of halogens is 1. The van der Waals surface area contributed by atoms with Crippen molar-refractivity contribution in [2.24, 2.45) is 0 Å². The summed E-state index contributed by atoms with van der Waals surface area (Å²) in [5.74, 6) is -1.15. The summed E-state index contributed by atoms with van der Waals surface area (Å²) in [6, 6.07) is 5.37. The minimum atomic E-state index is -0.907. The predicted molar refractivity (Wildman–Crippen MR) is 148 cm³/mol. The molecular formula is C27H30ClN5O5S. The number of ether oxygens (including phenoxy) is 1. The molecule has 0 saturated carbocycles. The van der Waals surface area contributed by atoms with E-state index in [0.29, 0.717) is 37.6 Å². The summed E-state index contributed by atoms with van der Waals surface area (Å²) in [6.07, 6.45) is 2.80. The lowest BCUT2D eigenvalue weighted by Gasteiger charge is -2.33. The molecule has 2 saturated heterocycles. The number of morpholine rings is 1. The van der Waals surface area contributed by atoms with Crippen LogP contribution in [0.5, 0.6) is 0 Å². The van der Waals surface area contributed by atoms with Gasteiger partial charge in [0, 0.05) is 60.9 Å². The Morgan fingerprint density at radius 1 is 1.28 bits per heavy atom. The number of aromatic nitrogens is 2. The van der Waals surface area contributed by atoms with Gasteiger partial charge in [-0.25, -0.2) is 14.8 Å². The van der Waals surface area contributed by atoms with Gasteiger partial charge in [0.15, 0.2) is 0 Å². The SMILES string of the molecule is Cc1cc(Cl)cc(-c2ncnc3cc(CN4C(=O)CCN(CCCC(=O)O)C4=O)sc23)c1C[C@@H]1CNCCO1. The highest BCUT2D eigenvalue weighted by molar-refractivity contribution is 7.19. The second-order valence-corrected chi connectivity index (χ2v) is 11.4. The van der Waals surface area contributed by atoms with E-state index in [1.54, 1.807) is 4.90 Å². The van der Waals surface area contributed by atoms with Crippen LogP contribution in [0, 0.1) is 6.92 Å². The van der Waals surface area contributed by atoms with Crippen molar-refractivity contribution in [2.45, 2.75) is 45.3 Å². The number of carboxylic acids is 1. The number of thiophene rings is 1. The third-order valence-electron chi connectivity index (χ3n) is 7.02. The Balaban J connectivity index is 1.43. The molecule has 0 aliphatic carbocycles. The molecule has 2 aliphatic heterocycles. The first-order chi connectivity index (χ1) is 18.8. The molecule has 2 aromatic heterocycles. The van der Waals surface area contributed by atoms with Gasteiger partial charge < -0.3 is 20.1 Å². The van der Waals surface area contributed by atoms with Crippen LogP contribution in [-0.4, -0.2) is 81.7 Å². The number of hydrogen-bond donors (Lipinski definition) is 2. The fourth-order valence-electron chi connectivity index (χ4n) is 5.09. The zero-order valence-corrected chi connectivity index (χ0v) is 23.2. The predicted octanol–water partition coefficient (Wildman–Crippen LogP) is 3.87. The monoisotopic (exact) mass is 571 g/mol. The molecule has 2 N–H and O–H groups in total. The van der Waals surface area contributed by atoms with E-state index in [1.165, 1.54) is 22.6 Å². The van der Waals surface area contributed by atoms with Crippen molar-refractivity contribution in [2.75, 3.05) is 32.8 Å². The Bertz CT molecular complexity index is 1410. The summed E-state index contributed by atoms with van der Waals surface area (Å²) in [4.78, 5) is 49.3. The summed E-state index contributed by atoms with van der Waals surface area (Å²) < 4.78 is 6.83. The Morgan fingerprint density at radius 2 is 2.13 bits per heavy atom. The van der Waals surface area contributed by atoms with Crippen LogP contribution in [0.1, 0.15) is 35.3 Å². The number of amides is 3. The molecule has 3 aromatic rings. The Morgan fingerprint density at radius 3 is 2.90 bits per heavy atom. The average molecular weight is 572 g/mol. The van der Waals surface area contributed by atoms with Crippen LogP contribution >= 0.6 is 22.9 Å². The molecule has 0 radical (unpaired) electrons. The summed E-state index contributed by atoms with van der Waals surface area (Å²) in [6.45, 7) is 5.04. The summed E-state index contributed by atoms with van der Waals surface area (Å²) in [7, 11) is 0. The molecule has 2 aliphatic rings. The fraction of sp³-hybridized carbons (Fsp3) is 0.444. The van der Waals surface area contributed by atoms with E-state index < -0.39 is 12.0 Å². The number of aliphatic carboxylic acids is 1. The molecule has 1 atom stereocenters. The van der Waals surface area contributed by atoms with Crippen molar-refractivity contribution in [3.8, 4) is 11.3 Å². The molecule has 1 aromatic carbocycles. The van der Waals surface area contributed by atoms with Gasteiger partial charge in [-0.05, 0) is 42.7 Å². The summed E-state index contributed by atoms with van der Waals surface area (Å²) in [5.41, 5.74) is 4.58. The number of aryl methyl sites for hydroxylation is 1. The van der Waals surface area contributed by atoms with E-state index in [2.05, 4.69) is 15.3 Å². The summed E-state index contributed by atoms with van der Waals surface area (Å²) in [5, 5.41) is 12.9. The highest BCUT2D eigenvalue weighted by Gasteiger charge is 2.32. The maximum atomic E-state index is 13.1. The smallest absolute Gasteiger partial charge is 0.327 e. The van der Waals surface area contributed by atoms with Gasteiger partial charge in [-0.1, -0.05) is 11.6 Å². The van der Waals surface area contributed by atoms with E-state index in [4.69, 9.17) is 21.4 Å². The van der Waals surface area contributed by atoms with E-state index in [9.17, 15) is 14.4 Å². The number of nitrogens with one attached hydrogen (secondary N) is 1. The highest BCUT2D eigenvalue weighted by Crippen LogP contribution is 2.37.